The van der Waals surface area contributed by atoms with Crippen LogP contribution in [0.1, 0.15) is 314 Å². The van der Waals surface area contributed by atoms with Crippen LogP contribution in [0.3, 0.4) is 0 Å². The van der Waals surface area contributed by atoms with Crippen molar-refractivity contribution < 1.29 is 16.5 Å². The van der Waals surface area contributed by atoms with Gasteiger partial charge < -0.3 is 0 Å². The van der Waals surface area contributed by atoms with Crippen LogP contribution in [0.4, 0.5) is 11.4 Å². The monoisotopic (exact) mass is 953 g/mol. The predicted octanol–water partition coefficient (Wildman–Crippen LogP) is 22.0. The molecule has 0 N–H and O–H groups in total. The SMILES string of the molecule is CCCCCCCCCCCCCCCCCCCCCCCC(=Nc1ccc(CCCCC)c(CCCCC)c1)C(CCCCCC)=Nc1ccc(CCCCC)c(CCCCC)c1.[Ni]. The molecule has 2 aromatic rings. The van der Waals surface area contributed by atoms with Crippen molar-refractivity contribution in [3.8, 4) is 0 Å². The summed E-state index contributed by atoms with van der Waals surface area (Å²) in [7, 11) is 0. The zero-order valence-corrected chi connectivity index (χ0v) is 46.1. The van der Waals surface area contributed by atoms with Crippen LogP contribution >= 0.6 is 0 Å². The minimum Gasteiger partial charge on any atom is -0.252 e. The van der Waals surface area contributed by atoms with Crippen LogP contribution in [-0.4, -0.2) is 11.4 Å². The van der Waals surface area contributed by atoms with Crippen LogP contribution in [0.25, 0.3) is 0 Å². The third kappa shape index (κ3) is 32.2. The van der Waals surface area contributed by atoms with Crippen LogP contribution in [0.2, 0.25) is 0 Å². The standard InChI is InChI=1S/C63H110N2.Ni/c1-7-13-19-21-22-23-24-25-26-27-28-29-30-31-32-33-34-35-36-37-43-49-63(65-61-53-51-57(45-39-16-10-4)59(55-61)47-41-18-12-6)62(48-42-20-14-8-2)64-60-52-50-56(44-38-15-9-3)58(54-60)46-40-17-11-5;/h50-55H,7-49H2,1-6H3;. The summed E-state index contributed by atoms with van der Waals surface area (Å²) in [4.78, 5) is 11.3. The van der Waals surface area contributed by atoms with Crippen molar-refractivity contribution in [1.82, 2.24) is 0 Å². The normalized spacial score (nSPS) is 12.0. The average Bonchev–Trinajstić information content (AvgIpc) is 3.31. The third-order valence-corrected chi connectivity index (χ3v) is 14.2. The van der Waals surface area contributed by atoms with Gasteiger partial charge in [0, 0.05) is 16.5 Å². The summed E-state index contributed by atoms with van der Waals surface area (Å²) in [5.74, 6) is 0. The Morgan fingerprint density at radius 2 is 0.500 bits per heavy atom. The maximum atomic E-state index is 5.64. The molecule has 382 valence electrons. The summed E-state index contributed by atoms with van der Waals surface area (Å²) in [6, 6.07) is 14.5. The van der Waals surface area contributed by atoms with Crippen LogP contribution in [-0.2, 0) is 42.2 Å². The first-order valence-corrected chi connectivity index (χ1v) is 29.5. The Morgan fingerprint density at radius 1 is 0.273 bits per heavy atom. The smallest absolute Gasteiger partial charge is 0.0636 e. The number of unbranched alkanes of at least 4 members (excludes halogenated alkanes) is 31. The second-order valence-corrected chi connectivity index (χ2v) is 20.5. The Hall–Kier alpha value is -1.73. The molecule has 0 aromatic heterocycles. The molecule has 0 unspecified atom stereocenters. The van der Waals surface area contributed by atoms with E-state index in [1.807, 2.05) is 0 Å². The van der Waals surface area contributed by atoms with Gasteiger partial charge in [-0.1, -0.05) is 253 Å². The van der Waals surface area contributed by atoms with Crippen LogP contribution in [0.15, 0.2) is 46.4 Å². The van der Waals surface area contributed by atoms with Gasteiger partial charge in [0.2, 0.25) is 0 Å². The summed E-state index contributed by atoms with van der Waals surface area (Å²) in [5, 5.41) is 0. The topological polar surface area (TPSA) is 24.7 Å². The van der Waals surface area contributed by atoms with Crippen molar-refractivity contribution in [2.45, 2.75) is 318 Å². The molecule has 2 rings (SSSR count). The molecule has 2 aromatic carbocycles. The molecule has 0 amide bonds. The molecule has 0 heterocycles. The van der Waals surface area contributed by atoms with Gasteiger partial charge >= 0.3 is 0 Å². The Morgan fingerprint density at radius 3 is 0.788 bits per heavy atom. The zero-order valence-electron chi connectivity index (χ0n) is 45.1. The third-order valence-electron chi connectivity index (χ3n) is 14.2. The number of aryl methyl sites for hydroxylation is 4. The van der Waals surface area contributed by atoms with Gasteiger partial charge in [0.05, 0.1) is 22.8 Å². The Kier molecular flexibility index (Phi) is 43.1. The van der Waals surface area contributed by atoms with E-state index in [1.54, 1.807) is 22.3 Å². The van der Waals surface area contributed by atoms with E-state index in [1.165, 1.54) is 275 Å². The zero-order chi connectivity index (χ0) is 46.7. The molecular weight excluding hydrogens is 843 g/mol. The van der Waals surface area contributed by atoms with E-state index in [9.17, 15) is 0 Å². The van der Waals surface area contributed by atoms with Crippen molar-refractivity contribution in [1.29, 1.82) is 0 Å². The second kappa shape index (κ2) is 45.7. The maximum Gasteiger partial charge on any atom is 0.0636 e. The molecule has 0 fully saturated rings. The van der Waals surface area contributed by atoms with Gasteiger partial charge in [-0.25, -0.2) is 0 Å². The van der Waals surface area contributed by atoms with Crippen LogP contribution in [0.5, 0.6) is 0 Å². The number of benzene rings is 2. The van der Waals surface area contributed by atoms with E-state index in [0.717, 1.165) is 24.2 Å². The quantitative estimate of drug-likeness (QED) is 0.0359. The number of rotatable bonds is 46. The molecule has 2 nitrogen and oxygen atoms in total. The first-order chi connectivity index (χ1) is 32.1. The summed E-state index contributed by atoms with van der Waals surface area (Å²) < 4.78 is 0. The van der Waals surface area contributed by atoms with Crippen LogP contribution < -0.4 is 0 Å². The van der Waals surface area contributed by atoms with E-state index < -0.39 is 0 Å². The van der Waals surface area contributed by atoms with E-state index >= 15 is 0 Å². The fraction of sp³-hybridized carbons (Fsp3) is 0.778. The maximum absolute atomic E-state index is 5.64. The molecule has 0 aliphatic carbocycles. The van der Waals surface area contributed by atoms with Gasteiger partial charge in [-0.05, 0) is 124 Å². The largest absolute Gasteiger partial charge is 0.252 e. The van der Waals surface area contributed by atoms with Crippen molar-refractivity contribution in [3.63, 3.8) is 0 Å². The molecule has 0 aliphatic rings. The predicted molar refractivity (Wildman–Crippen MR) is 296 cm³/mol. The molecule has 0 saturated heterocycles. The Bertz CT molecular complexity index is 1440. The number of hydrogen-bond donors (Lipinski definition) is 0. The molecular formula is C63H110N2Ni. The molecule has 0 atom stereocenters. The van der Waals surface area contributed by atoms with E-state index in [2.05, 4.69) is 77.9 Å². The molecule has 0 spiro atoms. The summed E-state index contributed by atoms with van der Waals surface area (Å²) in [5.41, 5.74) is 11.0. The van der Waals surface area contributed by atoms with Gasteiger partial charge in [-0.15, -0.1) is 0 Å². The summed E-state index contributed by atoms with van der Waals surface area (Å²) >= 11 is 0. The number of aliphatic imine (C=N–C) groups is 2. The van der Waals surface area contributed by atoms with Crippen molar-refractivity contribution in [2.75, 3.05) is 0 Å². The molecule has 3 heteroatoms. The van der Waals surface area contributed by atoms with Crippen molar-refractivity contribution in [2.24, 2.45) is 9.98 Å². The molecule has 0 bridgehead atoms. The van der Waals surface area contributed by atoms with E-state index in [-0.39, 0.29) is 16.5 Å². The molecule has 0 radical (unpaired) electrons. The minimum atomic E-state index is 0. The van der Waals surface area contributed by atoms with E-state index in [0.29, 0.717) is 0 Å². The Labute approximate surface area is 423 Å². The van der Waals surface area contributed by atoms with E-state index in [4.69, 9.17) is 9.98 Å². The van der Waals surface area contributed by atoms with Crippen molar-refractivity contribution >= 4 is 22.8 Å². The fourth-order valence-corrected chi connectivity index (χ4v) is 9.86. The second-order valence-electron chi connectivity index (χ2n) is 20.5. The Balaban J connectivity index is 0.0000218. The van der Waals surface area contributed by atoms with Gasteiger partial charge in [0.25, 0.3) is 0 Å². The number of hydrogen-bond acceptors (Lipinski definition) is 2. The van der Waals surface area contributed by atoms with Gasteiger partial charge in [0.1, 0.15) is 0 Å². The molecule has 66 heavy (non-hydrogen) atoms. The van der Waals surface area contributed by atoms with Gasteiger partial charge in [-0.2, -0.15) is 0 Å². The van der Waals surface area contributed by atoms with Gasteiger partial charge in [0.15, 0.2) is 0 Å². The average molecular weight is 954 g/mol. The summed E-state index contributed by atoms with van der Waals surface area (Å²) in [6.45, 7) is 13.9. The molecule has 0 aliphatic heterocycles. The van der Waals surface area contributed by atoms with Gasteiger partial charge in [-0.3, -0.25) is 9.98 Å². The molecule has 0 saturated carbocycles. The van der Waals surface area contributed by atoms with Crippen molar-refractivity contribution in [3.05, 3.63) is 58.7 Å². The first-order valence-electron chi connectivity index (χ1n) is 29.5. The summed E-state index contributed by atoms with van der Waals surface area (Å²) in [6.07, 6.45) is 57.1. The van der Waals surface area contributed by atoms with Crippen LogP contribution in [0, 0.1) is 0 Å². The fourth-order valence-electron chi connectivity index (χ4n) is 9.86. The minimum absolute atomic E-state index is 0. The first kappa shape index (κ1) is 62.3. The number of nitrogens with zero attached hydrogens (tertiary/aromatic N) is 2.